The molecular weight excluding hydrogens is 648 g/mol. The average molecular weight is 731 g/mol. The smallest absolute Gasteiger partial charge is 0.306 e. The summed E-state index contributed by atoms with van der Waals surface area (Å²) >= 11 is 0. The van der Waals surface area contributed by atoms with Crippen LogP contribution in [0, 0.1) is 0 Å². The second-order valence-corrected chi connectivity index (χ2v) is 14.6. The van der Waals surface area contributed by atoms with Crippen LogP contribution in [0.1, 0.15) is 220 Å². The summed E-state index contributed by atoms with van der Waals surface area (Å²) in [7, 11) is 0. The van der Waals surface area contributed by atoms with E-state index < -0.39 is 6.10 Å². The van der Waals surface area contributed by atoms with Gasteiger partial charge in [-0.1, -0.05) is 179 Å². The molecule has 1 atom stereocenters. The number of ether oxygens (including phenoxy) is 3. The minimum atomic E-state index is -0.779. The number of carbonyl (C=O) groups is 3. The molecule has 0 aromatic rings. The highest BCUT2D eigenvalue weighted by Crippen LogP contribution is 2.14. The van der Waals surface area contributed by atoms with E-state index in [-0.39, 0.29) is 31.1 Å². The molecule has 0 spiro atoms. The summed E-state index contributed by atoms with van der Waals surface area (Å²) in [4.78, 5) is 37.6. The van der Waals surface area contributed by atoms with Crippen molar-refractivity contribution >= 4 is 17.9 Å². The standard InChI is InChI=1S/C46H82O6/c1-4-7-10-13-16-19-21-22-23-24-25-28-30-33-36-39-45(48)51-42-43(41-50-44(47)38-35-32-29-26-18-15-12-9-6-3)52-46(49)40-37-34-31-27-20-17-14-11-8-5-2/h16,19,22-23,25,28,43H,4-15,17-18,20-21,24,26-27,29-42H2,1-3H3/b19-16-,23-22-,28-25-/t43-/m1/s1. The van der Waals surface area contributed by atoms with Crippen LogP contribution in [0.15, 0.2) is 36.5 Å². The lowest BCUT2D eigenvalue weighted by Gasteiger charge is -2.18. The van der Waals surface area contributed by atoms with Gasteiger partial charge in [-0.25, -0.2) is 0 Å². The molecule has 302 valence electrons. The lowest BCUT2D eigenvalue weighted by molar-refractivity contribution is -0.167. The minimum Gasteiger partial charge on any atom is -0.462 e. The van der Waals surface area contributed by atoms with Gasteiger partial charge in [0.05, 0.1) is 0 Å². The Morgan fingerprint density at radius 1 is 0.385 bits per heavy atom. The summed E-state index contributed by atoms with van der Waals surface area (Å²) in [5.41, 5.74) is 0. The first-order chi connectivity index (χ1) is 25.5. The Labute approximate surface area is 321 Å². The summed E-state index contributed by atoms with van der Waals surface area (Å²) in [5.74, 6) is -0.925. The van der Waals surface area contributed by atoms with Crippen LogP contribution >= 0.6 is 0 Å². The number of rotatable bonds is 39. The van der Waals surface area contributed by atoms with Gasteiger partial charge in [0.1, 0.15) is 13.2 Å². The zero-order chi connectivity index (χ0) is 38.0. The normalized spacial score (nSPS) is 12.3. The molecule has 0 aliphatic carbocycles. The van der Waals surface area contributed by atoms with Crippen molar-refractivity contribution in [1.82, 2.24) is 0 Å². The Morgan fingerprint density at radius 2 is 0.692 bits per heavy atom. The molecule has 0 N–H and O–H groups in total. The third-order valence-corrected chi connectivity index (χ3v) is 9.40. The zero-order valence-electron chi connectivity index (χ0n) is 34.3. The van der Waals surface area contributed by atoms with Gasteiger partial charge < -0.3 is 14.2 Å². The lowest BCUT2D eigenvalue weighted by atomic mass is 10.1. The minimum absolute atomic E-state index is 0.0815. The first kappa shape index (κ1) is 49.6. The van der Waals surface area contributed by atoms with Crippen LogP contribution < -0.4 is 0 Å². The molecule has 0 aromatic heterocycles. The Bertz CT molecular complexity index is 891. The number of carbonyl (C=O) groups excluding carboxylic acids is 3. The Balaban J connectivity index is 4.40. The maximum atomic E-state index is 12.6. The fourth-order valence-corrected chi connectivity index (χ4v) is 6.04. The highest BCUT2D eigenvalue weighted by molar-refractivity contribution is 5.71. The fraction of sp³-hybridized carbons (Fsp3) is 0.804. The Hall–Kier alpha value is -2.37. The summed E-state index contributed by atoms with van der Waals surface area (Å²) in [6.45, 7) is 6.53. The van der Waals surface area contributed by atoms with Crippen LogP contribution in [-0.4, -0.2) is 37.2 Å². The van der Waals surface area contributed by atoms with Gasteiger partial charge in [-0.15, -0.1) is 0 Å². The molecule has 0 aliphatic rings. The SMILES string of the molecule is CCCCC/C=C\C/C=C\C/C=C\CCCCC(=O)OC[C@@H](COC(=O)CCCCCCCCCCC)OC(=O)CCCCCCCCCCCC. The van der Waals surface area contributed by atoms with E-state index >= 15 is 0 Å². The van der Waals surface area contributed by atoms with E-state index in [2.05, 4.69) is 57.2 Å². The van der Waals surface area contributed by atoms with Crippen LogP contribution in [0.25, 0.3) is 0 Å². The second kappa shape index (κ2) is 41.4. The van der Waals surface area contributed by atoms with Crippen molar-refractivity contribution in [3.8, 4) is 0 Å². The fourth-order valence-electron chi connectivity index (χ4n) is 6.04. The maximum absolute atomic E-state index is 12.6. The molecule has 0 radical (unpaired) electrons. The van der Waals surface area contributed by atoms with E-state index in [4.69, 9.17) is 14.2 Å². The maximum Gasteiger partial charge on any atom is 0.306 e. The van der Waals surface area contributed by atoms with Crippen LogP contribution in [0.5, 0.6) is 0 Å². The molecule has 0 heterocycles. The molecule has 52 heavy (non-hydrogen) atoms. The Morgan fingerprint density at radius 3 is 1.12 bits per heavy atom. The van der Waals surface area contributed by atoms with Crippen LogP contribution in [0.2, 0.25) is 0 Å². The van der Waals surface area contributed by atoms with Gasteiger partial charge in [-0.3, -0.25) is 14.4 Å². The van der Waals surface area contributed by atoms with E-state index in [0.29, 0.717) is 19.3 Å². The van der Waals surface area contributed by atoms with Crippen molar-refractivity contribution in [1.29, 1.82) is 0 Å². The van der Waals surface area contributed by atoms with Crippen molar-refractivity contribution in [2.24, 2.45) is 0 Å². The topological polar surface area (TPSA) is 78.9 Å². The predicted molar refractivity (Wildman–Crippen MR) is 219 cm³/mol. The van der Waals surface area contributed by atoms with Gasteiger partial charge >= 0.3 is 17.9 Å². The summed E-state index contributed by atoms with van der Waals surface area (Å²) < 4.78 is 16.6. The largest absolute Gasteiger partial charge is 0.462 e. The molecule has 0 rings (SSSR count). The van der Waals surface area contributed by atoms with Gasteiger partial charge in [0.2, 0.25) is 0 Å². The highest BCUT2D eigenvalue weighted by atomic mass is 16.6. The van der Waals surface area contributed by atoms with Crippen LogP contribution in [-0.2, 0) is 28.6 Å². The van der Waals surface area contributed by atoms with E-state index in [9.17, 15) is 14.4 Å². The first-order valence-corrected chi connectivity index (χ1v) is 22.0. The molecule has 0 aliphatic heterocycles. The molecule has 0 saturated carbocycles. The molecule has 0 aromatic carbocycles. The monoisotopic (exact) mass is 731 g/mol. The summed E-state index contributed by atoms with van der Waals surface area (Å²) in [5, 5.41) is 0. The van der Waals surface area contributed by atoms with Gasteiger partial charge in [-0.05, 0) is 57.8 Å². The average Bonchev–Trinajstić information content (AvgIpc) is 3.14. The van der Waals surface area contributed by atoms with E-state index in [0.717, 1.165) is 70.6 Å². The molecule has 6 heteroatoms. The van der Waals surface area contributed by atoms with Gasteiger partial charge in [0, 0.05) is 19.3 Å². The van der Waals surface area contributed by atoms with Crippen LogP contribution in [0.3, 0.4) is 0 Å². The van der Waals surface area contributed by atoms with E-state index in [1.807, 2.05) is 0 Å². The number of hydrogen-bond acceptors (Lipinski definition) is 6. The highest BCUT2D eigenvalue weighted by Gasteiger charge is 2.19. The summed E-state index contributed by atoms with van der Waals surface area (Å²) in [6.07, 6.45) is 45.6. The molecule has 0 saturated heterocycles. The van der Waals surface area contributed by atoms with Crippen molar-refractivity contribution < 1.29 is 28.6 Å². The van der Waals surface area contributed by atoms with E-state index in [1.54, 1.807) is 0 Å². The molecule has 0 bridgehead atoms. The van der Waals surface area contributed by atoms with Crippen molar-refractivity contribution in [2.45, 2.75) is 226 Å². The summed E-state index contributed by atoms with van der Waals surface area (Å²) in [6, 6.07) is 0. The van der Waals surface area contributed by atoms with Crippen molar-refractivity contribution in [2.75, 3.05) is 13.2 Å². The number of hydrogen-bond donors (Lipinski definition) is 0. The second-order valence-electron chi connectivity index (χ2n) is 14.6. The number of esters is 3. The van der Waals surface area contributed by atoms with Crippen LogP contribution in [0.4, 0.5) is 0 Å². The third-order valence-electron chi connectivity index (χ3n) is 9.40. The van der Waals surface area contributed by atoms with Gasteiger partial charge in [0.25, 0.3) is 0 Å². The Kier molecular flexibility index (Phi) is 39.5. The predicted octanol–water partition coefficient (Wildman–Crippen LogP) is 13.8. The lowest BCUT2D eigenvalue weighted by Crippen LogP contribution is -2.30. The molecule has 0 amide bonds. The molecule has 6 nitrogen and oxygen atoms in total. The van der Waals surface area contributed by atoms with Crippen molar-refractivity contribution in [3.05, 3.63) is 36.5 Å². The quantitative estimate of drug-likeness (QED) is 0.0271. The number of allylic oxidation sites excluding steroid dienone is 6. The van der Waals surface area contributed by atoms with E-state index in [1.165, 1.54) is 109 Å². The first-order valence-electron chi connectivity index (χ1n) is 22.0. The zero-order valence-corrected chi connectivity index (χ0v) is 34.3. The molecule has 0 fully saturated rings. The van der Waals surface area contributed by atoms with Gasteiger partial charge in [0.15, 0.2) is 6.10 Å². The third kappa shape index (κ3) is 38.9. The number of unbranched alkanes of at least 4 members (excludes halogenated alkanes) is 22. The van der Waals surface area contributed by atoms with Crippen molar-refractivity contribution in [3.63, 3.8) is 0 Å². The molecule has 0 unspecified atom stereocenters. The van der Waals surface area contributed by atoms with Gasteiger partial charge in [-0.2, -0.15) is 0 Å². The molecular formula is C46H82O6.